The van der Waals surface area contributed by atoms with Gasteiger partial charge >= 0.3 is 0 Å². The van der Waals surface area contributed by atoms with Crippen LogP contribution in [-0.2, 0) is 6.54 Å². The van der Waals surface area contributed by atoms with Gasteiger partial charge < -0.3 is 4.57 Å². The van der Waals surface area contributed by atoms with Gasteiger partial charge in [0.15, 0.2) is 0 Å². The van der Waals surface area contributed by atoms with E-state index in [1.165, 1.54) is 0 Å². The minimum atomic E-state index is -0.0310. The lowest BCUT2D eigenvalue weighted by Gasteiger charge is -2.07. The number of hydrogen-bond acceptors (Lipinski definition) is 1. The summed E-state index contributed by atoms with van der Waals surface area (Å²) in [5, 5.41) is 1.02. The molecule has 0 N–H and O–H groups in total. The highest BCUT2D eigenvalue weighted by atomic mass is 127. The lowest BCUT2D eigenvalue weighted by Crippen LogP contribution is -2.19. The first-order valence-corrected chi connectivity index (χ1v) is 6.69. The van der Waals surface area contributed by atoms with Crippen molar-refractivity contribution < 1.29 is 0 Å². The van der Waals surface area contributed by atoms with Crippen LogP contribution in [0.25, 0.3) is 0 Å². The molecule has 0 unspecified atom stereocenters. The summed E-state index contributed by atoms with van der Waals surface area (Å²) in [6.07, 6.45) is 1.81. The van der Waals surface area contributed by atoms with Crippen LogP contribution >= 0.6 is 45.8 Å². The smallest absolute Gasteiger partial charge is 0.250 e. The van der Waals surface area contributed by atoms with E-state index in [0.717, 1.165) is 9.13 Å². The highest BCUT2D eigenvalue weighted by Gasteiger charge is 2.02. The van der Waals surface area contributed by atoms with Crippen LogP contribution < -0.4 is 5.56 Å². The molecule has 0 fully saturated rings. The normalized spacial score (nSPS) is 10.5. The van der Waals surface area contributed by atoms with Crippen LogP contribution in [0.15, 0.2) is 41.3 Å². The highest BCUT2D eigenvalue weighted by molar-refractivity contribution is 14.1. The van der Waals surface area contributed by atoms with Crippen molar-refractivity contribution in [2.45, 2.75) is 6.54 Å². The molecule has 1 aromatic heterocycles. The summed E-state index contributed by atoms with van der Waals surface area (Å²) in [6, 6.07) is 8.71. The molecule has 2 nitrogen and oxygen atoms in total. The van der Waals surface area contributed by atoms with Gasteiger partial charge in [0.2, 0.25) is 0 Å². The van der Waals surface area contributed by atoms with Crippen molar-refractivity contribution in [2.75, 3.05) is 0 Å². The van der Waals surface area contributed by atoms with E-state index >= 15 is 0 Å². The van der Waals surface area contributed by atoms with Crippen LogP contribution in [0.4, 0.5) is 0 Å². The van der Waals surface area contributed by atoms with Crippen LogP contribution in [0.3, 0.4) is 0 Å². The van der Waals surface area contributed by atoms with Gasteiger partial charge in [-0.25, -0.2) is 0 Å². The fraction of sp³-hybridized carbons (Fsp3) is 0.0833. The number of rotatable bonds is 2. The molecule has 17 heavy (non-hydrogen) atoms. The molecule has 2 rings (SSSR count). The van der Waals surface area contributed by atoms with Crippen LogP contribution in [-0.4, -0.2) is 4.57 Å². The molecule has 0 saturated heterocycles. The van der Waals surface area contributed by atoms with Crippen LogP contribution in [0.1, 0.15) is 5.56 Å². The zero-order valence-electron chi connectivity index (χ0n) is 8.66. The Kier molecular flexibility index (Phi) is 4.12. The predicted molar refractivity (Wildman–Crippen MR) is 79.0 cm³/mol. The van der Waals surface area contributed by atoms with Crippen molar-refractivity contribution in [1.29, 1.82) is 0 Å². The molecule has 0 saturated carbocycles. The Morgan fingerprint density at radius 2 is 1.88 bits per heavy atom. The maximum Gasteiger partial charge on any atom is 0.250 e. The molecule has 0 aliphatic carbocycles. The van der Waals surface area contributed by atoms with E-state index in [9.17, 15) is 4.79 Å². The van der Waals surface area contributed by atoms with E-state index < -0.39 is 0 Å². The van der Waals surface area contributed by atoms with Crippen LogP contribution in [0.5, 0.6) is 0 Å². The first-order valence-electron chi connectivity index (χ1n) is 4.86. The van der Waals surface area contributed by atoms with Gasteiger partial charge in [0.1, 0.15) is 0 Å². The van der Waals surface area contributed by atoms with Crippen molar-refractivity contribution in [1.82, 2.24) is 4.57 Å². The topological polar surface area (TPSA) is 22.0 Å². The van der Waals surface area contributed by atoms with Crippen molar-refractivity contribution in [3.8, 4) is 0 Å². The zero-order valence-corrected chi connectivity index (χ0v) is 12.3. The second-order valence-corrected chi connectivity index (χ2v) is 5.62. The van der Waals surface area contributed by atoms with Crippen LogP contribution in [0, 0.1) is 3.57 Å². The average molecular weight is 380 g/mol. The zero-order chi connectivity index (χ0) is 12.4. The lowest BCUT2D eigenvalue weighted by atomic mass is 10.2. The first-order chi connectivity index (χ1) is 8.06. The summed E-state index contributed by atoms with van der Waals surface area (Å²) in [6.45, 7) is 0.493. The summed E-state index contributed by atoms with van der Waals surface area (Å²) in [7, 11) is 0. The van der Waals surface area contributed by atoms with E-state index in [2.05, 4.69) is 22.6 Å². The molecule has 0 atom stereocenters. The molecule has 0 radical (unpaired) electrons. The Morgan fingerprint density at radius 3 is 2.59 bits per heavy atom. The fourth-order valence-electron chi connectivity index (χ4n) is 1.46. The van der Waals surface area contributed by atoms with Crippen LogP contribution in [0.2, 0.25) is 10.0 Å². The largest absolute Gasteiger partial charge is 0.310 e. The molecule has 2 aromatic rings. The number of aromatic nitrogens is 1. The van der Waals surface area contributed by atoms with Gasteiger partial charge in [-0.2, -0.15) is 0 Å². The highest BCUT2D eigenvalue weighted by Crippen LogP contribution is 2.22. The quantitative estimate of drug-likeness (QED) is 0.727. The Labute approximate surface area is 122 Å². The minimum absolute atomic E-state index is 0.0310. The number of benzene rings is 1. The van der Waals surface area contributed by atoms with Gasteiger partial charge in [-0.15, -0.1) is 0 Å². The van der Waals surface area contributed by atoms with E-state index in [1.54, 1.807) is 28.8 Å². The van der Waals surface area contributed by atoms with Gasteiger partial charge in [0, 0.05) is 15.8 Å². The minimum Gasteiger partial charge on any atom is -0.310 e. The van der Waals surface area contributed by atoms with E-state index in [1.807, 2.05) is 12.3 Å². The molecule has 0 amide bonds. The molecular weight excluding hydrogens is 372 g/mol. The second-order valence-electron chi connectivity index (χ2n) is 3.56. The fourth-order valence-corrected chi connectivity index (χ4v) is 2.30. The summed E-state index contributed by atoms with van der Waals surface area (Å²) in [4.78, 5) is 11.6. The van der Waals surface area contributed by atoms with Gasteiger partial charge in [-0.3, -0.25) is 4.79 Å². The van der Waals surface area contributed by atoms with Crippen molar-refractivity contribution in [3.63, 3.8) is 0 Å². The molecule has 1 heterocycles. The van der Waals surface area contributed by atoms with Gasteiger partial charge in [0.25, 0.3) is 5.56 Å². The Bertz CT molecular complexity index is 610. The van der Waals surface area contributed by atoms with Gasteiger partial charge in [-0.1, -0.05) is 29.3 Å². The monoisotopic (exact) mass is 379 g/mol. The third-order valence-electron chi connectivity index (χ3n) is 2.28. The first kappa shape index (κ1) is 12.9. The maximum atomic E-state index is 11.6. The predicted octanol–water partition coefficient (Wildman–Crippen LogP) is 3.81. The molecule has 88 valence electrons. The number of nitrogens with zero attached hydrogens (tertiary/aromatic N) is 1. The molecule has 0 spiro atoms. The molecule has 0 aliphatic heterocycles. The summed E-state index contributed by atoms with van der Waals surface area (Å²) in [5.74, 6) is 0. The standard InChI is InChI=1S/C12H8Cl2INO/c13-10-3-1-8(5-11(10)14)6-16-7-9(15)2-4-12(16)17/h1-5,7H,6H2. The Balaban J connectivity index is 2.34. The Hall–Kier alpha value is -0.520. The summed E-state index contributed by atoms with van der Waals surface area (Å²) in [5.41, 5.74) is 0.917. The molecule has 0 bridgehead atoms. The lowest BCUT2D eigenvalue weighted by molar-refractivity contribution is 0.756. The summed E-state index contributed by atoms with van der Waals surface area (Å²) >= 11 is 13.9. The number of halogens is 3. The second kappa shape index (κ2) is 5.42. The third kappa shape index (κ3) is 3.24. The number of hydrogen-bond donors (Lipinski definition) is 0. The van der Waals surface area contributed by atoms with E-state index in [4.69, 9.17) is 23.2 Å². The van der Waals surface area contributed by atoms with E-state index in [-0.39, 0.29) is 5.56 Å². The third-order valence-corrected chi connectivity index (χ3v) is 3.66. The Morgan fingerprint density at radius 1 is 1.12 bits per heavy atom. The van der Waals surface area contributed by atoms with Gasteiger partial charge in [-0.05, 0) is 46.4 Å². The molecule has 0 aliphatic rings. The average Bonchev–Trinajstić information content (AvgIpc) is 2.29. The number of pyridine rings is 1. The van der Waals surface area contributed by atoms with E-state index in [0.29, 0.717) is 16.6 Å². The van der Waals surface area contributed by atoms with Crippen molar-refractivity contribution >= 4 is 45.8 Å². The van der Waals surface area contributed by atoms with Gasteiger partial charge in [0.05, 0.1) is 16.6 Å². The SMILES string of the molecule is O=c1ccc(I)cn1Cc1ccc(Cl)c(Cl)c1. The van der Waals surface area contributed by atoms with Crippen molar-refractivity contribution in [3.05, 3.63) is 66.1 Å². The van der Waals surface area contributed by atoms with Crippen molar-refractivity contribution in [2.24, 2.45) is 0 Å². The molecular formula is C12H8Cl2INO. The maximum absolute atomic E-state index is 11.6. The molecule has 5 heteroatoms. The molecule has 1 aromatic carbocycles. The summed E-state index contributed by atoms with van der Waals surface area (Å²) < 4.78 is 2.66.